The summed E-state index contributed by atoms with van der Waals surface area (Å²) in [5.41, 5.74) is -1.39. The average Bonchev–Trinajstić information content (AvgIpc) is 2.55. The van der Waals surface area contributed by atoms with Crippen molar-refractivity contribution in [3.05, 3.63) is 0 Å². The fraction of sp³-hybridized carbons (Fsp3) is 0.909. The van der Waals surface area contributed by atoms with Crippen LogP contribution in [0, 0.1) is 35.0 Å². The van der Waals surface area contributed by atoms with Crippen LogP contribution >= 0.6 is 11.6 Å². The van der Waals surface area contributed by atoms with Gasteiger partial charge in [-0.15, -0.1) is 11.6 Å². The summed E-state index contributed by atoms with van der Waals surface area (Å²) in [7, 11) is 0. The predicted molar refractivity (Wildman–Crippen MR) is 104 cm³/mol. The van der Waals surface area contributed by atoms with E-state index >= 15 is 0 Å². The van der Waals surface area contributed by atoms with E-state index in [-0.39, 0.29) is 17.7 Å². The van der Waals surface area contributed by atoms with Gasteiger partial charge in [-0.05, 0) is 89.9 Å². The third kappa shape index (κ3) is 3.45. The maximum atomic E-state index is 13.3. The quantitative estimate of drug-likeness (QED) is 0.365. The highest BCUT2D eigenvalue weighted by Crippen LogP contribution is 2.50. The van der Waals surface area contributed by atoms with Crippen molar-refractivity contribution in [2.24, 2.45) is 35.0 Å². The lowest BCUT2D eigenvalue weighted by Gasteiger charge is -2.50. The number of rotatable bonds is 2. The maximum absolute atomic E-state index is 13.3. The first-order chi connectivity index (χ1) is 12.0. The molecule has 148 valence electrons. The molecule has 4 atom stereocenters. The molecule has 0 spiro atoms. The van der Waals surface area contributed by atoms with Crippen LogP contribution in [0.25, 0.3) is 0 Å². The molecule has 3 nitrogen and oxygen atoms in total. The van der Waals surface area contributed by atoms with E-state index < -0.39 is 16.9 Å². The van der Waals surface area contributed by atoms with Crippen molar-refractivity contribution in [1.82, 2.24) is 0 Å². The molecular weight excluding hydrogens is 348 g/mol. The van der Waals surface area contributed by atoms with Gasteiger partial charge in [-0.3, -0.25) is 9.59 Å². The van der Waals surface area contributed by atoms with Gasteiger partial charge in [-0.2, -0.15) is 0 Å². The van der Waals surface area contributed by atoms with Crippen molar-refractivity contribution in [3.8, 4) is 0 Å². The number of Topliss-reactive ketones (excluding diaryl/α,β-unsaturated/α-hetero) is 1. The second-order valence-electron chi connectivity index (χ2n) is 10.1. The zero-order valence-electron chi connectivity index (χ0n) is 17.0. The van der Waals surface area contributed by atoms with Crippen molar-refractivity contribution in [2.75, 3.05) is 0 Å². The van der Waals surface area contributed by atoms with Gasteiger partial charge in [0.2, 0.25) is 0 Å². The summed E-state index contributed by atoms with van der Waals surface area (Å²) in [5, 5.41) is 0.336. The van der Waals surface area contributed by atoms with E-state index in [1.165, 1.54) is 19.3 Å². The van der Waals surface area contributed by atoms with Crippen LogP contribution in [-0.4, -0.2) is 22.7 Å². The summed E-state index contributed by atoms with van der Waals surface area (Å²) in [6, 6.07) is 0. The molecule has 3 aliphatic rings. The number of hydrogen-bond acceptors (Lipinski definition) is 3. The zero-order valence-corrected chi connectivity index (χ0v) is 17.8. The number of carbonyl (C=O) groups excluding carboxylic acids is 2. The van der Waals surface area contributed by atoms with Crippen LogP contribution in [0.1, 0.15) is 79.6 Å². The van der Waals surface area contributed by atoms with Gasteiger partial charge in [0.25, 0.3) is 0 Å². The van der Waals surface area contributed by atoms with E-state index in [1.807, 2.05) is 27.7 Å². The molecule has 0 aromatic rings. The third-order valence-corrected chi connectivity index (χ3v) is 8.54. The number of ketones is 1. The van der Waals surface area contributed by atoms with Crippen molar-refractivity contribution < 1.29 is 14.3 Å². The van der Waals surface area contributed by atoms with Gasteiger partial charge in [-0.1, -0.05) is 13.3 Å². The SMILES string of the molecule is CC1CCC(C2CCC(Cl)CC2)CC1C1C(=O)OC(C)(C)C(C)(C)C1=O. The smallest absolute Gasteiger partial charge is 0.317 e. The first-order valence-electron chi connectivity index (χ1n) is 10.5. The molecule has 0 aromatic carbocycles. The van der Waals surface area contributed by atoms with Crippen molar-refractivity contribution in [2.45, 2.75) is 90.5 Å². The molecule has 0 amide bonds. The van der Waals surface area contributed by atoms with Crippen molar-refractivity contribution in [1.29, 1.82) is 0 Å². The lowest BCUT2D eigenvalue weighted by atomic mass is 9.59. The van der Waals surface area contributed by atoms with Crippen LogP contribution in [0.4, 0.5) is 0 Å². The third-order valence-electron chi connectivity index (χ3n) is 8.11. The van der Waals surface area contributed by atoms with Crippen LogP contribution in [0.2, 0.25) is 0 Å². The van der Waals surface area contributed by atoms with Gasteiger partial charge in [0, 0.05) is 5.38 Å². The number of ether oxygens (including phenoxy) is 1. The van der Waals surface area contributed by atoms with E-state index in [1.54, 1.807) is 0 Å². The van der Waals surface area contributed by atoms with E-state index in [9.17, 15) is 9.59 Å². The Morgan fingerprint density at radius 1 is 0.923 bits per heavy atom. The fourth-order valence-electron chi connectivity index (χ4n) is 5.44. The number of hydrogen-bond donors (Lipinski definition) is 0. The first kappa shape index (κ1) is 20.2. The van der Waals surface area contributed by atoms with E-state index in [0.29, 0.717) is 23.1 Å². The maximum Gasteiger partial charge on any atom is 0.317 e. The second kappa shape index (κ2) is 7.11. The molecule has 26 heavy (non-hydrogen) atoms. The Bertz CT molecular complexity index is 560. The summed E-state index contributed by atoms with van der Waals surface area (Å²) in [4.78, 5) is 26.1. The Labute approximate surface area is 163 Å². The molecule has 3 rings (SSSR count). The number of carbonyl (C=O) groups is 2. The summed E-state index contributed by atoms with van der Waals surface area (Å²) < 4.78 is 5.79. The summed E-state index contributed by atoms with van der Waals surface area (Å²) in [6.45, 7) is 9.79. The van der Waals surface area contributed by atoms with Crippen LogP contribution in [0.15, 0.2) is 0 Å². The van der Waals surface area contributed by atoms with E-state index in [4.69, 9.17) is 16.3 Å². The molecule has 0 aromatic heterocycles. The van der Waals surface area contributed by atoms with Gasteiger partial charge in [-0.25, -0.2) is 0 Å². The number of esters is 1. The summed E-state index contributed by atoms with van der Waals surface area (Å²) >= 11 is 6.28. The van der Waals surface area contributed by atoms with Gasteiger partial charge in [0.1, 0.15) is 11.5 Å². The van der Waals surface area contributed by atoms with Gasteiger partial charge < -0.3 is 4.74 Å². The number of alkyl halides is 1. The standard InChI is InChI=1S/C22H35ClO3/c1-13-6-7-15(14-8-10-16(23)11-9-14)12-17(13)18-19(24)21(2,3)22(4,5)26-20(18)25/h13-18H,6-12H2,1-5H3. The molecule has 2 aliphatic carbocycles. The Morgan fingerprint density at radius 2 is 1.50 bits per heavy atom. The second-order valence-corrected chi connectivity index (χ2v) is 10.7. The van der Waals surface area contributed by atoms with Gasteiger partial charge in [0.05, 0.1) is 5.41 Å². The monoisotopic (exact) mass is 382 g/mol. The zero-order chi connectivity index (χ0) is 19.3. The summed E-state index contributed by atoms with van der Waals surface area (Å²) in [6.07, 6.45) is 7.92. The molecule has 0 bridgehead atoms. The molecule has 1 heterocycles. The number of halogens is 1. The van der Waals surface area contributed by atoms with Gasteiger partial charge >= 0.3 is 5.97 Å². The normalized spacial score (nSPS) is 43.0. The van der Waals surface area contributed by atoms with Crippen molar-refractivity contribution in [3.63, 3.8) is 0 Å². The Kier molecular flexibility index (Phi) is 5.52. The van der Waals surface area contributed by atoms with Crippen molar-refractivity contribution >= 4 is 23.4 Å². The van der Waals surface area contributed by atoms with E-state index in [0.717, 1.165) is 25.7 Å². The highest BCUT2D eigenvalue weighted by molar-refractivity contribution is 6.20. The minimum atomic E-state index is -0.742. The molecule has 1 saturated heterocycles. The van der Waals surface area contributed by atoms with Crippen LogP contribution < -0.4 is 0 Å². The minimum absolute atomic E-state index is 0.0840. The summed E-state index contributed by atoms with van der Waals surface area (Å²) in [5.74, 6) is 1.06. The lowest BCUT2D eigenvalue weighted by molar-refractivity contribution is -0.196. The fourth-order valence-corrected chi connectivity index (χ4v) is 5.69. The average molecular weight is 383 g/mol. The largest absolute Gasteiger partial charge is 0.458 e. The topological polar surface area (TPSA) is 43.4 Å². The minimum Gasteiger partial charge on any atom is -0.458 e. The molecule has 1 aliphatic heterocycles. The van der Waals surface area contributed by atoms with E-state index in [2.05, 4.69) is 6.92 Å². The molecule has 4 heteroatoms. The molecule has 3 fully saturated rings. The predicted octanol–water partition coefficient (Wildman–Crippen LogP) is 5.38. The molecule has 2 saturated carbocycles. The molecular formula is C22H35ClO3. The highest BCUT2D eigenvalue weighted by atomic mass is 35.5. The lowest BCUT2D eigenvalue weighted by Crippen LogP contribution is -2.59. The molecule has 4 unspecified atom stereocenters. The first-order valence-corrected chi connectivity index (χ1v) is 10.9. The number of cyclic esters (lactones) is 1. The highest BCUT2D eigenvalue weighted by Gasteiger charge is 2.58. The Hall–Kier alpha value is -0.570. The van der Waals surface area contributed by atoms with Crippen LogP contribution in [0.5, 0.6) is 0 Å². The van der Waals surface area contributed by atoms with Gasteiger partial charge in [0.15, 0.2) is 5.78 Å². The van der Waals surface area contributed by atoms with Crippen LogP contribution in [-0.2, 0) is 14.3 Å². The van der Waals surface area contributed by atoms with Crippen LogP contribution in [0.3, 0.4) is 0 Å². The molecule has 0 radical (unpaired) electrons. The molecule has 0 N–H and O–H groups in total. The Balaban J connectivity index is 1.78. The Morgan fingerprint density at radius 3 is 2.12 bits per heavy atom.